The number of carboxylic acids is 2. The molecule has 43 heavy (non-hydrogen) atoms. The van der Waals surface area contributed by atoms with Crippen molar-refractivity contribution in [3.63, 3.8) is 0 Å². The fraction of sp³-hybridized carbons (Fsp3) is 0.160. The molecule has 1 aliphatic heterocycles. The minimum atomic E-state index is -5.39. The first-order valence-electron chi connectivity index (χ1n) is 12.0. The van der Waals surface area contributed by atoms with Gasteiger partial charge >= 0.3 is 11.9 Å². The molecule has 0 aromatic heterocycles. The van der Waals surface area contributed by atoms with Gasteiger partial charge in [0.25, 0.3) is 0 Å². The highest BCUT2D eigenvalue weighted by Crippen LogP contribution is 2.46. The first-order valence-corrected chi connectivity index (χ1v) is 16.6. The molecule has 0 radical (unpaired) electrons. The predicted octanol–water partition coefficient (Wildman–Crippen LogP) is -0.154. The van der Waals surface area contributed by atoms with Gasteiger partial charge in [0.1, 0.15) is 15.0 Å². The Labute approximate surface area is 243 Å². The molecule has 0 saturated heterocycles. The highest BCUT2D eigenvalue weighted by atomic mass is 32.2. The number of nitrogens with two attached hydrogens (primary N) is 2. The molecule has 6 N–H and O–H groups in total. The van der Waals surface area contributed by atoms with Crippen molar-refractivity contribution in [1.29, 1.82) is 0 Å². The van der Waals surface area contributed by atoms with E-state index < -0.39 is 96.8 Å². The maximum absolute atomic E-state index is 13.5. The third-order valence-corrected chi connectivity index (χ3v) is 9.99. The van der Waals surface area contributed by atoms with Crippen LogP contribution in [0, 0.1) is 0 Å². The fourth-order valence-electron chi connectivity index (χ4n) is 4.61. The summed E-state index contributed by atoms with van der Waals surface area (Å²) in [6, 6.07) is 7.67. The summed E-state index contributed by atoms with van der Waals surface area (Å²) in [5.41, 5.74) is 3.52. The van der Waals surface area contributed by atoms with E-state index in [9.17, 15) is 54.2 Å². The van der Waals surface area contributed by atoms with Crippen molar-refractivity contribution in [1.82, 2.24) is 0 Å². The number of carbonyl (C=O) groups is 2. The minimum Gasteiger partial charge on any atom is -0.748 e. The van der Waals surface area contributed by atoms with Gasteiger partial charge in [-0.25, -0.2) is 34.8 Å². The molecule has 0 amide bonds. The van der Waals surface area contributed by atoms with E-state index in [4.69, 9.17) is 15.6 Å². The van der Waals surface area contributed by atoms with Gasteiger partial charge in [-0.3, -0.25) is 5.41 Å². The van der Waals surface area contributed by atoms with Crippen molar-refractivity contribution >= 4 is 58.7 Å². The maximum Gasteiger partial charge on any atom is 0.336 e. The van der Waals surface area contributed by atoms with Crippen LogP contribution in [0.5, 0.6) is 0 Å². The number of aromatic carboxylic acids is 2. The van der Waals surface area contributed by atoms with Crippen molar-refractivity contribution in [2.45, 2.75) is 22.6 Å². The molecule has 2 aliphatic rings. The van der Waals surface area contributed by atoms with E-state index in [0.29, 0.717) is 0 Å². The average Bonchev–Trinajstić information content (AvgIpc) is 2.87. The second kappa shape index (κ2) is 11.0. The molecule has 1 heterocycles. The Morgan fingerprint density at radius 1 is 0.837 bits per heavy atom. The Bertz CT molecular complexity index is 2190. The zero-order chi connectivity index (χ0) is 32.1. The van der Waals surface area contributed by atoms with Gasteiger partial charge in [0.05, 0.1) is 32.7 Å². The molecule has 4 rings (SSSR count). The molecule has 0 unspecified atom stereocenters. The van der Waals surface area contributed by atoms with E-state index in [0.717, 1.165) is 30.3 Å². The third kappa shape index (κ3) is 6.22. The first kappa shape index (κ1) is 31.6. The van der Waals surface area contributed by atoms with Gasteiger partial charge in [-0.15, -0.1) is 0 Å². The van der Waals surface area contributed by atoms with Crippen LogP contribution >= 0.6 is 0 Å². The molecule has 2 aromatic rings. The molecular weight excluding hydrogens is 632 g/mol. The molecule has 0 spiro atoms. The Kier molecular flexibility index (Phi) is 8.11. The summed E-state index contributed by atoms with van der Waals surface area (Å²) in [7, 11) is -14.5. The lowest BCUT2D eigenvalue weighted by Crippen LogP contribution is -2.47. The lowest BCUT2D eigenvalue weighted by molar-refractivity contribution is -0.176. The normalized spacial score (nSPS) is 12.5. The third-order valence-electron chi connectivity index (χ3n) is 6.41. The van der Waals surface area contributed by atoms with Crippen LogP contribution in [0.15, 0.2) is 56.7 Å². The molecule has 0 saturated carbocycles. The van der Waals surface area contributed by atoms with Crippen LogP contribution in [0.1, 0.15) is 33.6 Å². The number of unbranched alkanes of at least 4 members (excludes halogenated alkanes) is 1. The van der Waals surface area contributed by atoms with Gasteiger partial charge in [-0.2, -0.15) is 0 Å². The Hall–Kier alpha value is -4.36. The van der Waals surface area contributed by atoms with E-state index in [1.807, 2.05) is 0 Å². The second-order valence-corrected chi connectivity index (χ2v) is 14.2. The molecule has 1 aliphatic carbocycles. The zero-order valence-electron chi connectivity index (χ0n) is 21.6. The van der Waals surface area contributed by atoms with Crippen LogP contribution in [-0.4, -0.2) is 68.0 Å². The average molecular weight is 654 g/mol. The van der Waals surface area contributed by atoms with Crippen molar-refractivity contribution in [3.8, 4) is 22.5 Å². The van der Waals surface area contributed by atoms with Crippen molar-refractivity contribution in [2.75, 3.05) is 17.2 Å². The predicted molar refractivity (Wildman–Crippen MR) is 145 cm³/mol. The summed E-state index contributed by atoms with van der Waals surface area (Å²) in [6.45, 7) is 0. The molecule has 18 heteroatoms. The quantitative estimate of drug-likeness (QED) is 0.0749. The summed E-state index contributed by atoms with van der Waals surface area (Å²) in [6.07, 6.45) is -0.610. The van der Waals surface area contributed by atoms with Crippen LogP contribution < -0.4 is 16.5 Å². The Morgan fingerprint density at radius 3 is 2.05 bits per heavy atom. The van der Waals surface area contributed by atoms with Gasteiger partial charge in [0, 0.05) is 28.3 Å². The molecule has 0 bridgehead atoms. The fourth-order valence-corrected chi connectivity index (χ4v) is 7.56. The van der Waals surface area contributed by atoms with Crippen molar-refractivity contribution in [3.05, 3.63) is 58.9 Å². The second-order valence-electron chi connectivity index (χ2n) is 9.31. The summed E-state index contributed by atoms with van der Waals surface area (Å²) >= 11 is 0. The summed E-state index contributed by atoms with van der Waals surface area (Å²) in [5.74, 6) is -5.34. The van der Waals surface area contributed by atoms with E-state index in [2.05, 4.69) is 0 Å². The lowest BCUT2D eigenvalue weighted by atomic mass is 9.89. The number of carboxylic acid groups (broad SMARTS) is 2. The van der Waals surface area contributed by atoms with Crippen molar-refractivity contribution in [2.24, 2.45) is 0 Å². The molecule has 228 valence electrons. The smallest absolute Gasteiger partial charge is 0.336 e. The van der Waals surface area contributed by atoms with Gasteiger partial charge in [-0.05, 0) is 48.7 Å². The number of nitrogen functional groups attached to an aromatic ring is 1. The van der Waals surface area contributed by atoms with Crippen LogP contribution in [0.4, 0.5) is 5.69 Å². The molecule has 2 aromatic carbocycles. The van der Waals surface area contributed by atoms with Crippen LogP contribution in [-0.2, 0) is 30.1 Å². The van der Waals surface area contributed by atoms with E-state index in [1.54, 1.807) is 0 Å². The maximum atomic E-state index is 13.5. The summed E-state index contributed by atoms with van der Waals surface area (Å²) in [5, 5.41) is 24.4. The Morgan fingerprint density at radius 2 is 1.47 bits per heavy atom. The van der Waals surface area contributed by atoms with E-state index >= 15 is 0 Å². The molecule has 15 nitrogen and oxygen atoms in total. The standard InChI is InChI=1S/C25H22N2O13S3/c26-17-7-5-14-19(13-4-3-12(24(28)29)11-16(13)25(30)31)15-6-8-18(27)23(43(37,38)39)21(15)40-20(14)22(17)41(32,33)9-1-2-10-42(34,35)36/h3-8,11,27H,1-2,9-10,26H2,(H,28,29)(H,30,31)(H,34,35,36)(H,37,38,39)/p-1. The van der Waals surface area contributed by atoms with E-state index in [-0.39, 0.29) is 34.9 Å². The summed E-state index contributed by atoms with van der Waals surface area (Å²) in [4.78, 5) is 22.0. The minimum absolute atomic E-state index is 0.119. The number of rotatable bonds is 10. The summed E-state index contributed by atoms with van der Waals surface area (Å²) < 4.78 is 102. The van der Waals surface area contributed by atoms with Gasteiger partial charge < -0.3 is 29.5 Å². The largest absolute Gasteiger partial charge is 0.748 e. The first-order chi connectivity index (χ1) is 19.8. The molecule has 0 atom stereocenters. The zero-order valence-corrected chi connectivity index (χ0v) is 24.1. The molecular formula is C25H21N2O13S3-. The topological polar surface area (TPSA) is 288 Å². The Balaban J connectivity index is 2.17. The monoisotopic (exact) mass is 653 g/mol. The highest BCUT2D eigenvalue weighted by Gasteiger charge is 2.31. The number of benzene rings is 3. The van der Waals surface area contributed by atoms with Gasteiger partial charge in [0.15, 0.2) is 26.1 Å². The highest BCUT2D eigenvalue weighted by molar-refractivity contribution is 7.91. The van der Waals surface area contributed by atoms with Crippen molar-refractivity contribution < 1.29 is 64.0 Å². The number of hydrogen-bond donors (Lipinski definition) is 4. The molecule has 0 fully saturated rings. The number of sulfone groups is 1. The van der Waals surface area contributed by atoms with Crippen LogP contribution in [0.2, 0.25) is 0 Å². The number of anilines is 1. The van der Waals surface area contributed by atoms with Crippen LogP contribution in [0.25, 0.3) is 33.4 Å². The van der Waals surface area contributed by atoms with E-state index in [1.165, 1.54) is 12.1 Å². The van der Waals surface area contributed by atoms with Crippen LogP contribution in [0.3, 0.4) is 0 Å². The number of fused-ring (bicyclic) bond motifs is 2. The lowest BCUT2D eigenvalue weighted by Gasteiger charge is -2.21. The number of hydrogen-bond acceptors (Lipinski definition) is 12. The van der Waals surface area contributed by atoms with Gasteiger partial charge in [0.2, 0.25) is 5.36 Å². The SMILES string of the molecule is Nc1ccc2c(-c3ccc(C(=O)O)cc3C(=O)O)c3ccc(=[NH2+])c(S(=O)(=O)[O-])c-3oc2c1S(=O)(=O)CCCCS(=O)(=O)[O-]. The van der Waals surface area contributed by atoms with Gasteiger partial charge in [-0.1, -0.05) is 6.07 Å².